The number of alkyl halides is 1. The molecule has 0 aliphatic carbocycles. The van der Waals surface area contributed by atoms with Crippen LogP contribution in [-0.2, 0) is 0 Å². The first kappa shape index (κ1) is 11.9. The summed E-state index contributed by atoms with van der Waals surface area (Å²) in [5.41, 5.74) is 2.31. The number of nitrogens with zero attached hydrogens (tertiary/aromatic N) is 1. The molecule has 0 spiro atoms. The number of aromatic nitrogens is 1. The Morgan fingerprint density at radius 2 is 2.00 bits per heavy atom. The lowest BCUT2D eigenvalue weighted by Gasteiger charge is -2.11. The molecule has 1 N–H and O–H groups in total. The van der Waals surface area contributed by atoms with Gasteiger partial charge in [-0.1, -0.05) is 30.3 Å². The number of halogens is 1. The average Bonchev–Trinajstić information content (AvgIpc) is 2.37. The summed E-state index contributed by atoms with van der Waals surface area (Å²) in [6, 6.07) is 14.0. The summed E-state index contributed by atoms with van der Waals surface area (Å²) in [5, 5.41) is 3.20. The third-order valence-corrected chi connectivity index (χ3v) is 2.95. The maximum Gasteiger partial charge on any atom is 0.126 e. The fraction of sp³-hybridized carbons (Fsp3) is 0.214. The number of rotatable bonds is 4. The van der Waals surface area contributed by atoms with E-state index in [4.69, 9.17) is 11.6 Å². The Kier molecular flexibility index (Phi) is 3.99. The van der Waals surface area contributed by atoms with Crippen LogP contribution in [0.15, 0.2) is 48.7 Å². The van der Waals surface area contributed by atoms with Gasteiger partial charge in [0.15, 0.2) is 0 Å². The van der Waals surface area contributed by atoms with Crippen molar-refractivity contribution in [2.45, 2.75) is 12.3 Å². The number of nitrogens with one attached hydrogen (secondary N) is 1. The quantitative estimate of drug-likeness (QED) is 0.831. The Morgan fingerprint density at radius 1 is 1.24 bits per heavy atom. The molecule has 2 nitrogen and oxygen atoms in total. The van der Waals surface area contributed by atoms with Crippen LogP contribution in [0.3, 0.4) is 0 Å². The molecule has 1 aromatic carbocycles. The van der Waals surface area contributed by atoms with Crippen molar-refractivity contribution in [2.24, 2.45) is 0 Å². The summed E-state index contributed by atoms with van der Waals surface area (Å²) >= 11 is 6.31. The first-order valence-corrected chi connectivity index (χ1v) is 6.05. The van der Waals surface area contributed by atoms with Crippen LogP contribution in [0.2, 0.25) is 0 Å². The van der Waals surface area contributed by atoms with Crippen molar-refractivity contribution in [3.05, 3.63) is 59.8 Å². The monoisotopic (exact) mass is 246 g/mol. The van der Waals surface area contributed by atoms with E-state index in [0.717, 1.165) is 11.4 Å². The highest BCUT2D eigenvalue weighted by Gasteiger charge is 2.06. The van der Waals surface area contributed by atoms with Gasteiger partial charge in [-0.25, -0.2) is 4.98 Å². The van der Waals surface area contributed by atoms with Crippen LogP contribution in [0.4, 0.5) is 5.82 Å². The highest BCUT2D eigenvalue weighted by Crippen LogP contribution is 2.20. The van der Waals surface area contributed by atoms with E-state index in [1.807, 2.05) is 49.4 Å². The molecule has 0 saturated heterocycles. The molecule has 1 heterocycles. The Labute approximate surface area is 107 Å². The molecule has 0 fully saturated rings. The normalized spacial score (nSPS) is 12.1. The summed E-state index contributed by atoms with van der Waals surface area (Å²) in [6.45, 7) is 2.71. The number of anilines is 1. The van der Waals surface area contributed by atoms with Gasteiger partial charge in [0.2, 0.25) is 0 Å². The second kappa shape index (κ2) is 5.69. The van der Waals surface area contributed by atoms with E-state index in [1.54, 1.807) is 6.20 Å². The minimum absolute atomic E-state index is 0.0430. The zero-order chi connectivity index (χ0) is 12.1. The highest BCUT2D eigenvalue weighted by molar-refractivity contribution is 6.21. The number of hydrogen-bond acceptors (Lipinski definition) is 2. The molecule has 1 atom stereocenters. The smallest absolute Gasteiger partial charge is 0.126 e. The molecule has 88 valence electrons. The first-order chi connectivity index (χ1) is 8.25. The summed E-state index contributed by atoms with van der Waals surface area (Å²) in [4.78, 5) is 4.24. The Hall–Kier alpha value is -1.54. The second-order valence-corrected chi connectivity index (χ2v) is 4.50. The van der Waals surface area contributed by atoms with Gasteiger partial charge in [0.05, 0.1) is 5.38 Å². The topological polar surface area (TPSA) is 24.9 Å². The molecule has 0 bridgehead atoms. The zero-order valence-electron chi connectivity index (χ0n) is 9.73. The Morgan fingerprint density at radius 3 is 2.71 bits per heavy atom. The lowest BCUT2D eigenvalue weighted by Crippen LogP contribution is -2.09. The maximum absolute atomic E-state index is 6.31. The van der Waals surface area contributed by atoms with E-state index in [-0.39, 0.29) is 5.38 Å². The lowest BCUT2D eigenvalue weighted by atomic mass is 10.1. The van der Waals surface area contributed by atoms with Gasteiger partial charge < -0.3 is 5.32 Å². The molecule has 2 aromatic rings. The molecule has 17 heavy (non-hydrogen) atoms. The molecule has 3 heteroatoms. The number of benzene rings is 1. The molecule has 2 rings (SSSR count). The summed E-state index contributed by atoms with van der Waals surface area (Å²) in [6.07, 6.45) is 1.80. The van der Waals surface area contributed by atoms with Crippen LogP contribution >= 0.6 is 11.6 Å². The molecular formula is C14H15ClN2. The largest absolute Gasteiger partial charge is 0.368 e. The number of pyridine rings is 1. The van der Waals surface area contributed by atoms with Crippen LogP contribution in [0.25, 0.3) is 0 Å². The van der Waals surface area contributed by atoms with Crippen molar-refractivity contribution in [2.75, 3.05) is 11.9 Å². The molecule has 1 aromatic heterocycles. The van der Waals surface area contributed by atoms with E-state index < -0.39 is 0 Å². The van der Waals surface area contributed by atoms with Crippen molar-refractivity contribution < 1.29 is 0 Å². The highest BCUT2D eigenvalue weighted by atomic mass is 35.5. The predicted octanol–water partition coefficient (Wildman–Crippen LogP) is 3.78. The van der Waals surface area contributed by atoms with Crippen LogP contribution < -0.4 is 5.32 Å². The van der Waals surface area contributed by atoms with E-state index >= 15 is 0 Å². The molecule has 0 amide bonds. The SMILES string of the molecule is Cc1ccnc(NCC(Cl)c2ccccc2)c1. The van der Waals surface area contributed by atoms with Gasteiger partial charge in [0, 0.05) is 12.7 Å². The third kappa shape index (κ3) is 3.46. The van der Waals surface area contributed by atoms with Crippen LogP contribution in [-0.4, -0.2) is 11.5 Å². The number of aryl methyl sites for hydroxylation is 1. The van der Waals surface area contributed by atoms with Crippen LogP contribution in [0.1, 0.15) is 16.5 Å². The van der Waals surface area contributed by atoms with Gasteiger partial charge in [-0.3, -0.25) is 0 Å². The van der Waals surface area contributed by atoms with Crippen molar-refractivity contribution in [3.8, 4) is 0 Å². The van der Waals surface area contributed by atoms with Gasteiger partial charge in [-0.05, 0) is 30.2 Å². The fourth-order valence-corrected chi connectivity index (χ4v) is 1.83. The minimum atomic E-state index is -0.0430. The van der Waals surface area contributed by atoms with Crippen molar-refractivity contribution in [3.63, 3.8) is 0 Å². The zero-order valence-corrected chi connectivity index (χ0v) is 10.5. The van der Waals surface area contributed by atoms with E-state index in [0.29, 0.717) is 6.54 Å². The minimum Gasteiger partial charge on any atom is -0.368 e. The second-order valence-electron chi connectivity index (χ2n) is 3.98. The first-order valence-electron chi connectivity index (χ1n) is 5.61. The van der Waals surface area contributed by atoms with Gasteiger partial charge in [0.1, 0.15) is 5.82 Å². The molecule has 0 aliphatic rings. The maximum atomic E-state index is 6.31. The number of hydrogen-bond donors (Lipinski definition) is 1. The Bertz CT molecular complexity index is 471. The molecule has 0 radical (unpaired) electrons. The molecule has 0 saturated carbocycles. The molecule has 1 unspecified atom stereocenters. The lowest BCUT2D eigenvalue weighted by molar-refractivity contribution is 0.966. The average molecular weight is 247 g/mol. The van der Waals surface area contributed by atoms with Crippen molar-refractivity contribution >= 4 is 17.4 Å². The summed E-state index contributed by atoms with van der Waals surface area (Å²) in [7, 11) is 0. The molecule has 0 aliphatic heterocycles. The van der Waals surface area contributed by atoms with Gasteiger partial charge in [-0.15, -0.1) is 11.6 Å². The summed E-state index contributed by atoms with van der Waals surface area (Å²) < 4.78 is 0. The van der Waals surface area contributed by atoms with Crippen LogP contribution in [0.5, 0.6) is 0 Å². The van der Waals surface area contributed by atoms with E-state index in [2.05, 4.69) is 10.3 Å². The van der Waals surface area contributed by atoms with Gasteiger partial charge >= 0.3 is 0 Å². The molecular weight excluding hydrogens is 232 g/mol. The van der Waals surface area contributed by atoms with Gasteiger partial charge in [-0.2, -0.15) is 0 Å². The van der Waals surface area contributed by atoms with Crippen molar-refractivity contribution in [1.82, 2.24) is 4.98 Å². The predicted molar refractivity (Wildman–Crippen MR) is 72.5 cm³/mol. The summed E-state index contributed by atoms with van der Waals surface area (Å²) in [5.74, 6) is 0.867. The standard InChI is InChI=1S/C14H15ClN2/c1-11-7-8-16-14(9-11)17-10-13(15)12-5-3-2-4-6-12/h2-9,13H,10H2,1H3,(H,16,17). The van der Waals surface area contributed by atoms with Gasteiger partial charge in [0.25, 0.3) is 0 Å². The van der Waals surface area contributed by atoms with E-state index in [1.165, 1.54) is 5.56 Å². The fourth-order valence-electron chi connectivity index (χ4n) is 1.61. The van der Waals surface area contributed by atoms with E-state index in [9.17, 15) is 0 Å². The van der Waals surface area contributed by atoms with Crippen molar-refractivity contribution in [1.29, 1.82) is 0 Å². The van der Waals surface area contributed by atoms with Crippen LogP contribution in [0, 0.1) is 6.92 Å². The Balaban J connectivity index is 1.95. The third-order valence-electron chi connectivity index (χ3n) is 2.54.